The van der Waals surface area contributed by atoms with E-state index in [9.17, 15) is 13.2 Å². The summed E-state index contributed by atoms with van der Waals surface area (Å²) in [6.07, 6.45) is -2.69. The number of nitrogens with zero attached hydrogens (tertiary/aromatic N) is 2. The van der Waals surface area contributed by atoms with Crippen LogP contribution < -0.4 is 5.73 Å². The molecular formula is C13H12F3N3S. The fourth-order valence-corrected chi connectivity index (χ4v) is 3.37. The third-order valence-electron chi connectivity index (χ3n) is 3.24. The summed E-state index contributed by atoms with van der Waals surface area (Å²) in [6.45, 7) is 1.84. The number of hydrogen-bond acceptors (Lipinski definition) is 3. The van der Waals surface area contributed by atoms with Gasteiger partial charge in [0.05, 0.1) is 29.0 Å². The highest BCUT2D eigenvalue weighted by atomic mass is 32.2. The molecule has 0 saturated heterocycles. The summed E-state index contributed by atoms with van der Waals surface area (Å²) in [5, 5.41) is 0. The van der Waals surface area contributed by atoms with E-state index in [2.05, 4.69) is 4.98 Å². The average molecular weight is 299 g/mol. The zero-order valence-electron chi connectivity index (χ0n) is 10.6. The van der Waals surface area contributed by atoms with Crippen molar-refractivity contribution in [3.8, 4) is 5.69 Å². The number of fused-ring (bicyclic) bond motifs is 3. The molecule has 1 aliphatic rings. The molecule has 1 unspecified atom stereocenters. The van der Waals surface area contributed by atoms with Gasteiger partial charge in [-0.1, -0.05) is 0 Å². The first-order chi connectivity index (χ1) is 9.38. The number of halogens is 3. The predicted octanol–water partition coefficient (Wildman–Crippen LogP) is 3.52. The van der Waals surface area contributed by atoms with Crippen molar-refractivity contribution < 1.29 is 13.2 Å². The monoisotopic (exact) mass is 299 g/mol. The van der Waals surface area contributed by atoms with Gasteiger partial charge < -0.3 is 10.3 Å². The highest BCUT2D eigenvalue weighted by molar-refractivity contribution is 7.98. The van der Waals surface area contributed by atoms with Crippen LogP contribution in [-0.2, 0) is 11.9 Å². The fourth-order valence-electron chi connectivity index (χ4n) is 2.27. The highest BCUT2D eigenvalue weighted by Gasteiger charge is 2.32. The van der Waals surface area contributed by atoms with Crippen molar-refractivity contribution in [2.75, 3.05) is 0 Å². The zero-order valence-corrected chi connectivity index (χ0v) is 11.4. The molecule has 0 bridgehead atoms. The number of alkyl halides is 3. The Bertz CT molecular complexity index is 661. The molecule has 7 heteroatoms. The van der Waals surface area contributed by atoms with E-state index in [1.807, 2.05) is 11.5 Å². The van der Waals surface area contributed by atoms with Crippen LogP contribution in [0.1, 0.15) is 29.9 Å². The van der Waals surface area contributed by atoms with E-state index in [1.54, 1.807) is 6.33 Å². The number of aromatic nitrogens is 2. The van der Waals surface area contributed by atoms with Crippen molar-refractivity contribution in [2.45, 2.75) is 29.8 Å². The van der Waals surface area contributed by atoms with Gasteiger partial charge in [-0.05, 0) is 25.1 Å². The van der Waals surface area contributed by atoms with E-state index >= 15 is 0 Å². The molecule has 0 spiro atoms. The molecule has 0 amide bonds. The number of thioether (sulfide) groups is 1. The van der Waals surface area contributed by atoms with Crippen molar-refractivity contribution in [1.82, 2.24) is 9.55 Å². The molecule has 1 aliphatic heterocycles. The van der Waals surface area contributed by atoms with Gasteiger partial charge in [0.15, 0.2) is 0 Å². The number of rotatable bonds is 1. The van der Waals surface area contributed by atoms with Crippen molar-refractivity contribution in [3.63, 3.8) is 0 Å². The summed E-state index contributed by atoms with van der Waals surface area (Å²) in [7, 11) is 0. The Morgan fingerprint density at radius 3 is 2.80 bits per heavy atom. The number of imidazole rings is 1. The maximum Gasteiger partial charge on any atom is 0.416 e. The minimum absolute atomic E-state index is 0.192. The zero-order chi connectivity index (χ0) is 14.5. The van der Waals surface area contributed by atoms with Crippen LogP contribution in [0.3, 0.4) is 0 Å². The molecule has 0 fully saturated rings. The lowest BCUT2D eigenvalue weighted by molar-refractivity contribution is -0.137. The first-order valence-electron chi connectivity index (χ1n) is 6.04. The lowest BCUT2D eigenvalue weighted by Gasteiger charge is -2.21. The van der Waals surface area contributed by atoms with E-state index in [-0.39, 0.29) is 6.04 Å². The Kier molecular flexibility index (Phi) is 3.06. The minimum Gasteiger partial charge on any atom is -0.323 e. The summed E-state index contributed by atoms with van der Waals surface area (Å²) in [5.74, 6) is 0.575. The van der Waals surface area contributed by atoms with Crippen LogP contribution in [0.4, 0.5) is 13.2 Å². The topological polar surface area (TPSA) is 43.8 Å². The highest BCUT2D eigenvalue weighted by Crippen LogP contribution is 2.40. The second-order valence-electron chi connectivity index (χ2n) is 4.70. The standard InChI is InChI=1S/C13H12F3N3S/c1-7(17)12-10-5-20-11-4-8(13(14,15)16)2-3-9(11)19(10)6-18-12/h2-4,6-7H,5,17H2,1H3. The van der Waals surface area contributed by atoms with Gasteiger partial charge in [-0.25, -0.2) is 4.98 Å². The van der Waals surface area contributed by atoms with Gasteiger partial charge >= 0.3 is 6.18 Å². The first kappa shape index (κ1) is 13.5. The number of nitrogens with two attached hydrogens (primary N) is 1. The molecule has 20 heavy (non-hydrogen) atoms. The molecule has 0 saturated carbocycles. The van der Waals surface area contributed by atoms with Crippen molar-refractivity contribution in [3.05, 3.63) is 41.5 Å². The molecule has 106 valence electrons. The van der Waals surface area contributed by atoms with Gasteiger partial charge in [-0.15, -0.1) is 11.8 Å². The average Bonchev–Trinajstić information content (AvgIpc) is 2.81. The Hall–Kier alpha value is -1.47. The van der Waals surface area contributed by atoms with Crippen LogP contribution in [0, 0.1) is 0 Å². The summed E-state index contributed by atoms with van der Waals surface area (Å²) >= 11 is 1.38. The number of hydrogen-bond donors (Lipinski definition) is 1. The van der Waals surface area contributed by atoms with Crippen molar-refractivity contribution in [1.29, 1.82) is 0 Å². The second kappa shape index (κ2) is 4.53. The largest absolute Gasteiger partial charge is 0.416 e. The van der Waals surface area contributed by atoms with Gasteiger partial charge in [0.25, 0.3) is 0 Å². The molecule has 0 radical (unpaired) electrons. The summed E-state index contributed by atoms with van der Waals surface area (Å²) in [4.78, 5) is 4.88. The molecule has 1 aromatic carbocycles. The molecule has 1 aromatic heterocycles. The molecule has 2 N–H and O–H groups in total. The predicted molar refractivity (Wildman–Crippen MR) is 70.7 cm³/mol. The Balaban J connectivity index is 2.10. The van der Waals surface area contributed by atoms with Crippen molar-refractivity contribution in [2.24, 2.45) is 5.73 Å². The van der Waals surface area contributed by atoms with Gasteiger partial charge in [0, 0.05) is 16.7 Å². The molecule has 2 heterocycles. The van der Waals surface area contributed by atoms with Gasteiger partial charge in [-0.3, -0.25) is 0 Å². The maximum absolute atomic E-state index is 12.7. The van der Waals surface area contributed by atoms with Gasteiger partial charge in [-0.2, -0.15) is 13.2 Å². The lowest BCUT2D eigenvalue weighted by atomic mass is 10.1. The third kappa shape index (κ3) is 2.10. The first-order valence-corrected chi connectivity index (χ1v) is 7.02. The maximum atomic E-state index is 12.7. The summed E-state index contributed by atoms with van der Waals surface area (Å²) in [5.41, 5.74) is 7.70. The third-order valence-corrected chi connectivity index (χ3v) is 4.30. The van der Waals surface area contributed by atoms with Crippen LogP contribution in [0.25, 0.3) is 5.69 Å². The second-order valence-corrected chi connectivity index (χ2v) is 5.72. The fraction of sp³-hybridized carbons (Fsp3) is 0.308. The summed E-state index contributed by atoms with van der Waals surface area (Å²) in [6, 6.07) is 3.58. The van der Waals surface area contributed by atoms with E-state index in [0.717, 1.165) is 23.1 Å². The van der Waals surface area contributed by atoms with Crippen LogP contribution in [-0.4, -0.2) is 9.55 Å². The van der Waals surface area contributed by atoms with Crippen LogP contribution in [0.15, 0.2) is 29.4 Å². The SMILES string of the molecule is CC(N)c1ncn2c1CSc1cc(C(F)(F)F)ccc1-2. The van der Waals surface area contributed by atoms with Crippen LogP contribution in [0.2, 0.25) is 0 Å². The Morgan fingerprint density at radius 1 is 1.40 bits per heavy atom. The normalized spacial score (nSPS) is 15.7. The van der Waals surface area contributed by atoms with E-state index in [0.29, 0.717) is 10.6 Å². The summed E-state index contributed by atoms with van der Waals surface area (Å²) < 4.78 is 40.0. The van der Waals surface area contributed by atoms with Crippen molar-refractivity contribution >= 4 is 11.8 Å². The number of benzene rings is 1. The van der Waals surface area contributed by atoms with Crippen LogP contribution in [0.5, 0.6) is 0 Å². The van der Waals surface area contributed by atoms with E-state index in [4.69, 9.17) is 5.73 Å². The van der Waals surface area contributed by atoms with Crippen LogP contribution >= 0.6 is 11.8 Å². The minimum atomic E-state index is -4.32. The van der Waals surface area contributed by atoms with E-state index < -0.39 is 11.7 Å². The Morgan fingerprint density at radius 2 is 2.15 bits per heavy atom. The molecule has 2 aromatic rings. The smallest absolute Gasteiger partial charge is 0.323 e. The van der Waals surface area contributed by atoms with Gasteiger partial charge in [0.2, 0.25) is 0 Å². The van der Waals surface area contributed by atoms with E-state index in [1.165, 1.54) is 23.9 Å². The molecular weight excluding hydrogens is 287 g/mol. The molecule has 3 nitrogen and oxygen atoms in total. The Labute approximate surface area is 118 Å². The molecule has 3 rings (SSSR count). The van der Waals surface area contributed by atoms with Gasteiger partial charge in [0.1, 0.15) is 0 Å². The molecule has 1 atom stereocenters. The quantitative estimate of drug-likeness (QED) is 0.876. The lowest BCUT2D eigenvalue weighted by Crippen LogP contribution is -2.13. The molecule has 0 aliphatic carbocycles.